The highest BCUT2D eigenvalue weighted by atomic mass is 16.5. The van der Waals surface area contributed by atoms with E-state index in [2.05, 4.69) is 29.1 Å². The fourth-order valence-electron chi connectivity index (χ4n) is 2.89. The fourth-order valence-corrected chi connectivity index (χ4v) is 2.89. The van der Waals surface area contributed by atoms with Crippen LogP contribution in [0.3, 0.4) is 0 Å². The van der Waals surface area contributed by atoms with Gasteiger partial charge in [-0.3, -0.25) is 0 Å². The van der Waals surface area contributed by atoms with Gasteiger partial charge in [-0.25, -0.2) is 9.97 Å². The highest BCUT2D eigenvalue weighted by molar-refractivity contribution is 5.10. The predicted octanol–water partition coefficient (Wildman–Crippen LogP) is 2.04. The SMILES string of the molecule is CC(C)c1nccc([C@@H]2C[C@@H]3CCNC[C@H]3O2)n1. The van der Waals surface area contributed by atoms with Crippen LogP contribution in [-0.2, 0) is 4.74 Å². The van der Waals surface area contributed by atoms with Gasteiger partial charge >= 0.3 is 0 Å². The lowest BCUT2D eigenvalue weighted by atomic mass is 9.92. The average molecular weight is 247 g/mol. The summed E-state index contributed by atoms with van der Waals surface area (Å²) >= 11 is 0. The molecule has 3 rings (SSSR count). The third-order valence-corrected chi connectivity index (χ3v) is 3.96. The van der Waals surface area contributed by atoms with Crippen LogP contribution in [0.25, 0.3) is 0 Å². The Morgan fingerprint density at radius 3 is 3.11 bits per heavy atom. The molecular weight excluding hydrogens is 226 g/mol. The number of nitrogens with one attached hydrogen (secondary N) is 1. The zero-order valence-corrected chi connectivity index (χ0v) is 11.1. The monoisotopic (exact) mass is 247 g/mol. The minimum Gasteiger partial charge on any atom is -0.367 e. The lowest BCUT2D eigenvalue weighted by Crippen LogP contribution is -2.38. The second kappa shape index (κ2) is 4.94. The number of hydrogen-bond acceptors (Lipinski definition) is 4. The van der Waals surface area contributed by atoms with E-state index in [1.54, 1.807) is 0 Å². The molecule has 18 heavy (non-hydrogen) atoms. The molecule has 4 nitrogen and oxygen atoms in total. The fraction of sp³-hybridized carbons (Fsp3) is 0.714. The lowest BCUT2D eigenvalue weighted by molar-refractivity contribution is 0.0242. The number of hydrogen-bond donors (Lipinski definition) is 1. The Bertz CT molecular complexity index is 407. The Morgan fingerprint density at radius 2 is 2.33 bits per heavy atom. The van der Waals surface area contributed by atoms with Crippen molar-refractivity contribution in [2.75, 3.05) is 13.1 Å². The summed E-state index contributed by atoms with van der Waals surface area (Å²) in [7, 11) is 0. The molecule has 1 N–H and O–H groups in total. The minimum atomic E-state index is 0.167. The van der Waals surface area contributed by atoms with Crippen LogP contribution in [0.15, 0.2) is 12.3 Å². The van der Waals surface area contributed by atoms with Crippen molar-refractivity contribution in [3.05, 3.63) is 23.8 Å². The van der Waals surface area contributed by atoms with Crippen LogP contribution in [0.1, 0.15) is 50.2 Å². The van der Waals surface area contributed by atoms with E-state index in [1.807, 2.05) is 12.3 Å². The Hall–Kier alpha value is -1.00. The van der Waals surface area contributed by atoms with Crippen LogP contribution in [0.5, 0.6) is 0 Å². The molecule has 0 bridgehead atoms. The van der Waals surface area contributed by atoms with Crippen molar-refractivity contribution in [3.63, 3.8) is 0 Å². The Kier molecular flexibility index (Phi) is 3.31. The minimum absolute atomic E-state index is 0.167. The predicted molar refractivity (Wildman–Crippen MR) is 69.3 cm³/mol. The molecule has 2 saturated heterocycles. The van der Waals surface area contributed by atoms with Gasteiger partial charge in [0, 0.05) is 18.7 Å². The van der Waals surface area contributed by atoms with E-state index in [-0.39, 0.29) is 6.10 Å². The van der Waals surface area contributed by atoms with Gasteiger partial charge < -0.3 is 10.1 Å². The molecule has 0 spiro atoms. The third-order valence-electron chi connectivity index (χ3n) is 3.96. The number of nitrogens with zero attached hydrogens (tertiary/aromatic N) is 2. The molecule has 2 aliphatic rings. The van der Waals surface area contributed by atoms with Gasteiger partial charge in [0.05, 0.1) is 11.8 Å². The molecule has 0 aromatic carbocycles. The topological polar surface area (TPSA) is 47.0 Å². The molecule has 3 heterocycles. The van der Waals surface area contributed by atoms with E-state index in [0.29, 0.717) is 17.9 Å². The van der Waals surface area contributed by atoms with Gasteiger partial charge in [0.15, 0.2) is 0 Å². The summed E-state index contributed by atoms with van der Waals surface area (Å²) in [5.41, 5.74) is 1.06. The second-order valence-electron chi connectivity index (χ2n) is 5.65. The molecule has 0 radical (unpaired) electrons. The molecule has 1 aromatic rings. The summed E-state index contributed by atoms with van der Waals surface area (Å²) in [6.45, 7) is 6.36. The number of aromatic nitrogens is 2. The first-order valence-electron chi connectivity index (χ1n) is 6.93. The van der Waals surface area contributed by atoms with Crippen LogP contribution >= 0.6 is 0 Å². The van der Waals surface area contributed by atoms with Crippen LogP contribution in [0.2, 0.25) is 0 Å². The van der Waals surface area contributed by atoms with Crippen molar-refractivity contribution in [1.29, 1.82) is 0 Å². The van der Waals surface area contributed by atoms with E-state index in [1.165, 1.54) is 6.42 Å². The van der Waals surface area contributed by atoms with E-state index in [4.69, 9.17) is 4.74 Å². The van der Waals surface area contributed by atoms with Crippen LogP contribution < -0.4 is 5.32 Å². The Labute approximate surface area is 108 Å². The zero-order valence-electron chi connectivity index (χ0n) is 11.1. The third kappa shape index (κ3) is 2.27. The largest absolute Gasteiger partial charge is 0.367 e. The molecule has 0 saturated carbocycles. The summed E-state index contributed by atoms with van der Waals surface area (Å²) in [5.74, 6) is 1.99. The van der Waals surface area contributed by atoms with Crippen LogP contribution in [0.4, 0.5) is 0 Å². The summed E-state index contributed by atoms with van der Waals surface area (Å²) in [4.78, 5) is 8.98. The number of piperidine rings is 1. The number of rotatable bonds is 2. The van der Waals surface area contributed by atoms with Gasteiger partial charge in [0.25, 0.3) is 0 Å². The summed E-state index contributed by atoms with van der Waals surface area (Å²) < 4.78 is 6.13. The van der Waals surface area contributed by atoms with Gasteiger partial charge in [-0.15, -0.1) is 0 Å². The van der Waals surface area contributed by atoms with E-state index in [9.17, 15) is 0 Å². The molecule has 98 valence electrons. The highest BCUT2D eigenvalue weighted by Gasteiger charge is 2.37. The van der Waals surface area contributed by atoms with Gasteiger partial charge in [0.1, 0.15) is 11.9 Å². The molecule has 2 fully saturated rings. The molecule has 0 amide bonds. The van der Waals surface area contributed by atoms with Crippen molar-refractivity contribution in [2.24, 2.45) is 5.92 Å². The van der Waals surface area contributed by atoms with Crippen LogP contribution in [0, 0.1) is 5.92 Å². The van der Waals surface area contributed by atoms with Crippen molar-refractivity contribution < 1.29 is 4.74 Å². The molecule has 0 unspecified atom stereocenters. The normalized spacial score (nSPS) is 31.6. The molecule has 4 heteroatoms. The summed E-state index contributed by atoms with van der Waals surface area (Å²) in [5, 5.41) is 3.40. The second-order valence-corrected chi connectivity index (χ2v) is 5.65. The van der Waals surface area contributed by atoms with Crippen molar-refractivity contribution in [3.8, 4) is 0 Å². The summed E-state index contributed by atoms with van der Waals surface area (Å²) in [6, 6.07) is 2.00. The molecule has 0 aliphatic carbocycles. The maximum Gasteiger partial charge on any atom is 0.131 e. The van der Waals surface area contributed by atoms with E-state index < -0.39 is 0 Å². The highest BCUT2D eigenvalue weighted by Crippen LogP contribution is 2.38. The average Bonchev–Trinajstić information content (AvgIpc) is 2.82. The van der Waals surface area contributed by atoms with Gasteiger partial charge in [-0.1, -0.05) is 13.8 Å². The van der Waals surface area contributed by atoms with Crippen molar-refractivity contribution in [1.82, 2.24) is 15.3 Å². The van der Waals surface area contributed by atoms with Crippen LogP contribution in [-0.4, -0.2) is 29.2 Å². The first kappa shape index (κ1) is 12.1. The molecule has 3 atom stereocenters. The molecular formula is C14H21N3O. The number of fused-ring (bicyclic) bond motifs is 1. The lowest BCUT2D eigenvalue weighted by Gasteiger charge is -2.24. The molecule has 2 aliphatic heterocycles. The van der Waals surface area contributed by atoms with E-state index >= 15 is 0 Å². The maximum atomic E-state index is 6.13. The summed E-state index contributed by atoms with van der Waals surface area (Å²) in [6.07, 6.45) is 4.74. The first-order chi connectivity index (χ1) is 8.74. The Morgan fingerprint density at radius 1 is 1.44 bits per heavy atom. The van der Waals surface area contributed by atoms with Gasteiger partial charge in [0.2, 0.25) is 0 Å². The molecule has 1 aromatic heterocycles. The quantitative estimate of drug-likeness (QED) is 0.868. The van der Waals surface area contributed by atoms with Crippen molar-refractivity contribution >= 4 is 0 Å². The van der Waals surface area contributed by atoms with E-state index in [0.717, 1.165) is 31.0 Å². The number of ether oxygens (including phenoxy) is 1. The van der Waals surface area contributed by atoms with Gasteiger partial charge in [-0.05, 0) is 31.4 Å². The smallest absolute Gasteiger partial charge is 0.131 e. The Balaban J connectivity index is 1.77. The van der Waals surface area contributed by atoms with Crippen molar-refractivity contribution in [2.45, 2.75) is 44.8 Å². The standard InChI is InChI=1S/C14H21N3O/c1-9(2)14-16-6-4-11(17-14)12-7-10-3-5-15-8-13(10)18-12/h4,6,9-10,12-13,15H,3,5,7-8H2,1-2H3/t10-,12-,13+/m0/s1. The van der Waals surface area contributed by atoms with Gasteiger partial charge in [-0.2, -0.15) is 0 Å². The maximum absolute atomic E-state index is 6.13. The zero-order chi connectivity index (χ0) is 12.5. The first-order valence-corrected chi connectivity index (χ1v) is 6.93.